The van der Waals surface area contributed by atoms with Gasteiger partial charge in [0.2, 0.25) is 5.91 Å². The maximum Gasteiger partial charge on any atom is 0.235 e. The average Bonchev–Trinajstić information content (AvgIpc) is 3.11. The van der Waals surface area contributed by atoms with Gasteiger partial charge >= 0.3 is 0 Å². The van der Waals surface area contributed by atoms with Gasteiger partial charge in [0.15, 0.2) is 0 Å². The van der Waals surface area contributed by atoms with Gasteiger partial charge in [0.1, 0.15) is 5.75 Å². The van der Waals surface area contributed by atoms with Gasteiger partial charge in [-0.05, 0) is 67.4 Å². The van der Waals surface area contributed by atoms with E-state index in [4.69, 9.17) is 4.74 Å². The summed E-state index contributed by atoms with van der Waals surface area (Å²) < 4.78 is 5.62. The van der Waals surface area contributed by atoms with E-state index in [0.29, 0.717) is 6.04 Å². The number of ether oxygens (including phenoxy) is 1. The molecule has 0 fully saturated rings. The van der Waals surface area contributed by atoms with Crippen molar-refractivity contribution in [2.45, 2.75) is 62.8 Å². The fraction of sp³-hybridized carbons (Fsp3) is 0.444. The zero-order chi connectivity index (χ0) is 21.3. The molecule has 0 bridgehead atoms. The normalized spacial score (nSPS) is 24.4. The van der Waals surface area contributed by atoms with Gasteiger partial charge in [-0.2, -0.15) is 0 Å². The Morgan fingerprint density at radius 2 is 2.00 bits per heavy atom. The molecule has 31 heavy (non-hydrogen) atoms. The van der Waals surface area contributed by atoms with Crippen molar-refractivity contribution in [1.29, 1.82) is 0 Å². The molecule has 4 nitrogen and oxygen atoms in total. The van der Waals surface area contributed by atoms with Gasteiger partial charge in [0, 0.05) is 23.8 Å². The van der Waals surface area contributed by atoms with E-state index in [-0.39, 0.29) is 11.3 Å². The second-order valence-corrected chi connectivity index (χ2v) is 9.21. The van der Waals surface area contributed by atoms with E-state index in [1.807, 2.05) is 12.1 Å². The summed E-state index contributed by atoms with van der Waals surface area (Å²) in [5, 5.41) is 6.83. The molecule has 0 spiro atoms. The van der Waals surface area contributed by atoms with Gasteiger partial charge in [-0.1, -0.05) is 49.2 Å². The average molecular weight is 417 g/mol. The summed E-state index contributed by atoms with van der Waals surface area (Å²) >= 11 is 0. The van der Waals surface area contributed by atoms with Crippen molar-refractivity contribution in [3.05, 3.63) is 65.2 Å². The molecule has 1 amide bonds. The van der Waals surface area contributed by atoms with E-state index in [9.17, 15) is 4.79 Å². The lowest BCUT2D eigenvalue weighted by Gasteiger charge is -2.34. The highest BCUT2D eigenvalue weighted by molar-refractivity contribution is 6.07. The number of nitrogens with one attached hydrogen (secondary N) is 2. The molecule has 0 saturated carbocycles. The van der Waals surface area contributed by atoms with Gasteiger partial charge < -0.3 is 15.4 Å². The zero-order valence-electron chi connectivity index (χ0n) is 18.4. The molecule has 162 valence electrons. The van der Waals surface area contributed by atoms with Crippen molar-refractivity contribution in [1.82, 2.24) is 5.32 Å². The Morgan fingerprint density at radius 3 is 2.84 bits per heavy atom. The Kier molecular flexibility index (Phi) is 5.58. The van der Waals surface area contributed by atoms with Crippen LogP contribution in [-0.4, -0.2) is 25.6 Å². The number of anilines is 1. The van der Waals surface area contributed by atoms with E-state index >= 15 is 0 Å². The molecule has 1 aliphatic carbocycles. The van der Waals surface area contributed by atoms with E-state index in [1.54, 1.807) is 7.11 Å². The van der Waals surface area contributed by atoms with Crippen LogP contribution in [0, 0.1) is 0 Å². The number of carbonyl (C=O) groups is 1. The lowest BCUT2D eigenvalue weighted by molar-refractivity contribution is -0.121. The predicted octanol–water partition coefficient (Wildman–Crippen LogP) is 5.23. The molecular weight excluding hydrogens is 384 g/mol. The van der Waals surface area contributed by atoms with E-state index < -0.39 is 0 Å². The maximum absolute atomic E-state index is 13.1. The first-order chi connectivity index (χ1) is 15.2. The third kappa shape index (κ3) is 3.67. The summed E-state index contributed by atoms with van der Waals surface area (Å²) in [5.74, 6) is 1.13. The van der Waals surface area contributed by atoms with Crippen molar-refractivity contribution in [2.24, 2.45) is 0 Å². The molecule has 2 aliphatic heterocycles. The van der Waals surface area contributed by atoms with Gasteiger partial charge in [-0.3, -0.25) is 4.79 Å². The highest BCUT2D eigenvalue weighted by Gasteiger charge is 2.49. The summed E-state index contributed by atoms with van der Waals surface area (Å²) in [6, 6.07) is 15.3. The lowest BCUT2D eigenvalue weighted by atomic mass is 9.68. The molecule has 0 radical (unpaired) electrons. The summed E-state index contributed by atoms with van der Waals surface area (Å²) in [7, 11) is 1.73. The van der Waals surface area contributed by atoms with Crippen LogP contribution in [0.25, 0.3) is 5.57 Å². The van der Waals surface area contributed by atoms with Crippen LogP contribution in [0.4, 0.5) is 5.69 Å². The molecule has 2 aromatic rings. The molecule has 2 heterocycles. The largest absolute Gasteiger partial charge is 0.496 e. The molecule has 2 N–H and O–H groups in total. The zero-order valence-corrected chi connectivity index (χ0v) is 18.4. The van der Waals surface area contributed by atoms with Gasteiger partial charge in [-0.25, -0.2) is 0 Å². The standard InChI is InChI=1S/C27H32N2O2/c1-31-24-13-12-23-25-22(24)11-7-16-27(25,26(30)29-23)15-6-5-10-21-18-20(14-17-28-21)19-8-3-2-4-9-19/h2-4,8-9,12-14,21,28H,5-7,10-11,15-18H2,1H3,(H,29,30). The third-order valence-electron chi connectivity index (χ3n) is 7.45. The number of unbranched alkanes of at least 4 members (excludes halogenated alkanes) is 1. The summed E-state index contributed by atoms with van der Waals surface area (Å²) in [6.45, 7) is 0.942. The van der Waals surface area contributed by atoms with E-state index in [0.717, 1.165) is 69.3 Å². The quantitative estimate of drug-likeness (QED) is 0.608. The van der Waals surface area contributed by atoms with Crippen LogP contribution in [0.1, 0.15) is 61.6 Å². The van der Waals surface area contributed by atoms with Crippen molar-refractivity contribution in [2.75, 3.05) is 19.0 Å². The van der Waals surface area contributed by atoms with E-state index in [1.165, 1.54) is 22.3 Å². The lowest BCUT2D eigenvalue weighted by Crippen LogP contribution is -2.37. The first-order valence-electron chi connectivity index (χ1n) is 11.7. The van der Waals surface area contributed by atoms with Crippen LogP contribution >= 0.6 is 0 Å². The molecule has 4 heteroatoms. The van der Waals surface area contributed by atoms with Gasteiger partial charge in [-0.15, -0.1) is 0 Å². The molecule has 0 aromatic heterocycles. The topological polar surface area (TPSA) is 50.4 Å². The Bertz CT molecular complexity index is 998. The molecule has 3 aliphatic rings. The van der Waals surface area contributed by atoms with Crippen LogP contribution in [0.15, 0.2) is 48.5 Å². The Labute approximate surface area is 185 Å². The number of hydrogen-bond acceptors (Lipinski definition) is 3. The van der Waals surface area contributed by atoms with Crippen molar-refractivity contribution >= 4 is 17.2 Å². The number of amides is 1. The van der Waals surface area contributed by atoms with Crippen LogP contribution in [0.3, 0.4) is 0 Å². The minimum atomic E-state index is -0.355. The van der Waals surface area contributed by atoms with Crippen LogP contribution < -0.4 is 15.4 Å². The summed E-state index contributed by atoms with van der Waals surface area (Å²) in [5.41, 5.74) is 5.93. The molecule has 2 unspecified atom stereocenters. The van der Waals surface area contributed by atoms with Gasteiger partial charge in [0.05, 0.1) is 12.5 Å². The monoisotopic (exact) mass is 416 g/mol. The first kappa shape index (κ1) is 20.3. The fourth-order valence-corrected chi connectivity index (χ4v) is 5.92. The third-order valence-corrected chi connectivity index (χ3v) is 7.45. The van der Waals surface area contributed by atoms with Crippen molar-refractivity contribution in [3.63, 3.8) is 0 Å². The highest BCUT2D eigenvalue weighted by Crippen LogP contribution is 2.51. The van der Waals surface area contributed by atoms with Crippen LogP contribution in [-0.2, 0) is 16.6 Å². The molecule has 0 saturated heterocycles. The van der Waals surface area contributed by atoms with E-state index in [2.05, 4.69) is 47.0 Å². The van der Waals surface area contributed by atoms with Crippen LogP contribution in [0.2, 0.25) is 0 Å². The SMILES string of the molecule is COc1ccc2c3c1CCCC3(CCCCC1CC(c3ccccc3)=CCN1)C(=O)N2. The first-order valence-corrected chi connectivity index (χ1v) is 11.7. The molecule has 2 aromatic carbocycles. The molecule has 5 rings (SSSR count). The predicted molar refractivity (Wildman–Crippen MR) is 126 cm³/mol. The second kappa shape index (κ2) is 8.51. The van der Waals surface area contributed by atoms with Crippen molar-refractivity contribution < 1.29 is 9.53 Å². The minimum absolute atomic E-state index is 0.196. The Hall–Kier alpha value is -2.59. The second-order valence-electron chi connectivity index (χ2n) is 9.21. The number of hydrogen-bond donors (Lipinski definition) is 2. The number of benzene rings is 2. The number of methoxy groups -OCH3 is 1. The smallest absolute Gasteiger partial charge is 0.235 e. The van der Waals surface area contributed by atoms with Gasteiger partial charge in [0.25, 0.3) is 0 Å². The molecular formula is C27H32N2O2. The maximum atomic E-state index is 13.1. The minimum Gasteiger partial charge on any atom is -0.496 e. The highest BCUT2D eigenvalue weighted by atomic mass is 16.5. The Morgan fingerprint density at radius 1 is 1.13 bits per heavy atom. The summed E-state index contributed by atoms with van der Waals surface area (Å²) in [4.78, 5) is 13.1. The number of carbonyl (C=O) groups excluding carboxylic acids is 1. The summed E-state index contributed by atoms with van der Waals surface area (Å²) in [6.07, 6.45) is 10.7. The van der Waals surface area contributed by atoms with Crippen molar-refractivity contribution in [3.8, 4) is 5.75 Å². The van der Waals surface area contributed by atoms with Crippen LogP contribution in [0.5, 0.6) is 5.75 Å². The fourth-order valence-electron chi connectivity index (χ4n) is 5.92. The molecule has 2 atom stereocenters. The Balaban J connectivity index is 1.23. The number of rotatable bonds is 7.